The van der Waals surface area contributed by atoms with Crippen molar-refractivity contribution in [3.05, 3.63) is 33.3 Å². The van der Waals surface area contributed by atoms with Crippen molar-refractivity contribution in [3.63, 3.8) is 0 Å². The molecule has 8 heteroatoms. The van der Waals surface area contributed by atoms with E-state index in [-0.39, 0.29) is 33.0 Å². The summed E-state index contributed by atoms with van der Waals surface area (Å²) in [5.41, 5.74) is 4.87. The normalized spacial score (nSPS) is 18.8. The lowest BCUT2D eigenvalue weighted by molar-refractivity contribution is -0.141. The zero-order chi connectivity index (χ0) is 16.6. The van der Waals surface area contributed by atoms with Crippen molar-refractivity contribution in [2.75, 3.05) is 0 Å². The second-order valence-electron chi connectivity index (χ2n) is 5.70. The fourth-order valence-corrected chi connectivity index (χ4v) is 3.55. The van der Waals surface area contributed by atoms with Crippen LogP contribution in [-0.2, 0) is 4.79 Å². The number of halogens is 2. The lowest BCUT2D eigenvalue weighted by atomic mass is 9.89. The number of nitrogens with zero attached hydrogens (tertiary/aromatic N) is 1. The second kappa shape index (κ2) is 6.37. The van der Waals surface area contributed by atoms with Crippen LogP contribution in [0.4, 0.5) is 0 Å². The molecule has 2 N–H and O–H groups in total. The van der Waals surface area contributed by atoms with E-state index in [4.69, 9.17) is 23.2 Å². The molecule has 1 aliphatic carbocycles. The molecule has 1 aromatic rings. The van der Waals surface area contributed by atoms with Crippen molar-refractivity contribution in [1.29, 1.82) is 0 Å². The predicted octanol–water partition coefficient (Wildman–Crippen LogP) is 2.71. The molecule has 0 bridgehead atoms. The predicted molar refractivity (Wildman–Crippen MR) is 84.8 cm³/mol. The molecular weight excluding hydrogens is 341 g/mol. The summed E-state index contributed by atoms with van der Waals surface area (Å²) in [6, 6.07) is 2.74. The lowest BCUT2D eigenvalue weighted by Crippen LogP contribution is -2.56. The number of benzene rings is 1. The first-order valence-corrected chi connectivity index (χ1v) is 8.18. The van der Waals surface area contributed by atoms with Gasteiger partial charge in [0.25, 0.3) is 17.7 Å². The standard InChI is InChI=1S/C15H15Cl2N3O3/c16-9-6-10-12(11(17)7-9)14(22)19-20(18-13(10)21)15(23)8-4-2-1-3-5-8/h6-8H,1-5H2,(H,18,21)(H,19,22). The molecular formula is C15H15Cl2N3O3. The van der Waals surface area contributed by atoms with Gasteiger partial charge in [0.2, 0.25) is 0 Å². The molecule has 2 aliphatic rings. The summed E-state index contributed by atoms with van der Waals surface area (Å²) in [4.78, 5) is 37.2. The molecule has 0 radical (unpaired) electrons. The van der Waals surface area contributed by atoms with Crippen molar-refractivity contribution in [2.45, 2.75) is 32.1 Å². The van der Waals surface area contributed by atoms with Crippen molar-refractivity contribution in [2.24, 2.45) is 5.92 Å². The van der Waals surface area contributed by atoms with Crippen molar-refractivity contribution < 1.29 is 14.4 Å². The minimum absolute atomic E-state index is 0.00695. The molecule has 0 spiro atoms. The number of hydrogen-bond acceptors (Lipinski definition) is 3. The van der Waals surface area contributed by atoms with Crippen LogP contribution in [0, 0.1) is 5.92 Å². The fraction of sp³-hybridized carbons (Fsp3) is 0.400. The molecule has 6 nitrogen and oxygen atoms in total. The minimum atomic E-state index is -0.621. The van der Waals surface area contributed by atoms with Gasteiger partial charge < -0.3 is 0 Å². The summed E-state index contributed by atoms with van der Waals surface area (Å²) >= 11 is 11.9. The molecule has 3 rings (SSSR count). The van der Waals surface area contributed by atoms with Gasteiger partial charge in [-0.05, 0) is 25.0 Å². The van der Waals surface area contributed by atoms with Gasteiger partial charge in [0, 0.05) is 10.9 Å². The van der Waals surface area contributed by atoms with Crippen molar-refractivity contribution in [1.82, 2.24) is 16.0 Å². The Balaban J connectivity index is 1.89. The highest BCUT2D eigenvalue weighted by atomic mass is 35.5. The van der Waals surface area contributed by atoms with Gasteiger partial charge in [0.15, 0.2) is 0 Å². The Morgan fingerprint density at radius 3 is 2.39 bits per heavy atom. The average Bonchev–Trinajstić information content (AvgIpc) is 2.64. The maximum Gasteiger partial charge on any atom is 0.273 e. The molecule has 23 heavy (non-hydrogen) atoms. The molecule has 0 unspecified atom stereocenters. The molecule has 0 aromatic heterocycles. The summed E-state index contributed by atoms with van der Waals surface area (Å²) in [5, 5.41) is 1.18. The number of fused-ring (bicyclic) bond motifs is 1. The van der Waals surface area contributed by atoms with E-state index < -0.39 is 11.8 Å². The average molecular weight is 356 g/mol. The third kappa shape index (κ3) is 3.14. The minimum Gasteiger partial charge on any atom is -0.271 e. The monoisotopic (exact) mass is 355 g/mol. The highest BCUT2D eigenvalue weighted by molar-refractivity contribution is 6.38. The van der Waals surface area contributed by atoms with E-state index in [1.807, 2.05) is 0 Å². The molecule has 1 heterocycles. The Bertz CT molecular complexity index is 687. The van der Waals surface area contributed by atoms with Crippen LogP contribution in [0.2, 0.25) is 10.0 Å². The molecule has 122 valence electrons. The van der Waals surface area contributed by atoms with Gasteiger partial charge in [-0.25, -0.2) is 10.9 Å². The third-order valence-electron chi connectivity index (χ3n) is 4.13. The summed E-state index contributed by atoms with van der Waals surface area (Å²) in [6.07, 6.45) is 4.53. The van der Waals surface area contributed by atoms with Crippen LogP contribution >= 0.6 is 23.2 Å². The third-order valence-corrected chi connectivity index (χ3v) is 4.64. The van der Waals surface area contributed by atoms with Crippen LogP contribution in [0.3, 0.4) is 0 Å². The van der Waals surface area contributed by atoms with Gasteiger partial charge in [0.1, 0.15) is 0 Å². The van der Waals surface area contributed by atoms with E-state index in [2.05, 4.69) is 10.9 Å². The molecule has 1 fully saturated rings. The van der Waals surface area contributed by atoms with Crippen LogP contribution in [-0.4, -0.2) is 22.8 Å². The Kier molecular flexibility index (Phi) is 4.46. The zero-order valence-corrected chi connectivity index (χ0v) is 13.7. The highest BCUT2D eigenvalue weighted by Gasteiger charge is 2.33. The topological polar surface area (TPSA) is 78.5 Å². The molecule has 1 saturated carbocycles. The maximum absolute atomic E-state index is 12.5. The first-order valence-electron chi connectivity index (χ1n) is 7.42. The SMILES string of the molecule is O=C1NN(C(=O)C2CCCCC2)NC(=O)c2c(Cl)cc(Cl)cc21. The summed E-state index contributed by atoms with van der Waals surface area (Å²) < 4.78 is 0. The van der Waals surface area contributed by atoms with Crippen LogP contribution in [0.5, 0.6) is 0 Å². The van der Waals surface area contributed by atoms with Gasteiger partial charge in [-0.1, -0.05) is 42.5 Å². The van der Waals surface area contributed by atoms with Crippen LogP contribution in [0.15, 0.2) is 12.1 Å². The van der Waals surface area contributed by atoms with Crippen molar-refractivity contribution >= 4 is 40.9 Å². The number of amides is 3. The van der Waals surface area contributed by atoms with Gasteiger partial charge in [-0.2, -0.15) is 5.12 Å². The second-order valence-corrected chi connectivity index (χ2v) is 6.54. The number of rotatable bonds is 1. The number of hydrazine groups is 2. The van der Waals surface area contributed by atoms with Gasteiger partial charge in [-0.3, -0.25) is 14.4 Å². The fourth-order valence-electron chi connectivity index (χ4n) is 2.97. The summed E-state index contributed by atoms with van der Waals surface area (Å²) in [6.45, 7) is 0. The van der Waals surface area contributed by atoms with E-state index in [1.165, 1.54) is 12.1 Å². The number of nitrogens with one attached hydrogen (secondary N) is 2. The van der Waals surface area contributed by atoms with Gasteiger partial charge >= 0.3 is 0 Å². The first-order chi connectivity index (χ1) is 11.0. The zero-order valence-electron chi connectivity index (χ0n) is 12.2. The number of carbonyl (C=O) groups is 3. The largest absolute Gasteiger partial charge is 0.273 e. The first kappa shape index (κ1) is 16.1. The highest BCUT2D eigenvalue weighted by Crippen LogP contribution is 2.28. The van der Waals surface area contributed by atoms with E-state index in [0.29, 0.717) is 0 Å². The molecule has 1 aromatic carbocycles. The van der Waals surface area contributed by atoms with E-state index in [0.717, 1.165) is 37.2 Å². The molecule has 1 aliphatic heterocycles. The van der Waals surface area contributed by atoms with Crippen LogP contribution in [0.25, 0.3) is 0 Å². The molecule has 0 saturated heterocycles. The molecule has 0 atom stereocenters. The summed E-state index contributed by atoms with van der Waals surface area (Å²) in [7, 11) is 0. The lowest BCUT2D eigenvalue weighted by Gasteiger charge is -2.27. The van der Waals surface area contributed by atoms with Gasteiger partial charge in [0.05, 0.1) is 16.1 Å². The van der Waals surface area contributed by atoms with Crippen LogP contribution in [0.1, 0.15) is 52.8 Å². The number of hydrogen-bond donors (Lipinski definition) is 2. The maximum atomic E-state index is 12.5. The summed E-state index contributed by atoms with van der Waals surface area (Å²) in [5.74, 6) is -1.75. The molecule has 3 amide bonds. The Hall–Kier alpha value is -1.79. The Labute approximate surface area is 143 Å². The van der Waals surface area contributed by atoms with Crippen molar-refractivity contribution in [3.8, 4) is 0 Å². The number of carbonyl (C=O) groups excluding carboxylic acids is 3. The Morgan fingerprint density at radius 2 is 1.70 bits per heavy atom. The Morgan fingerprint density at radius 1 is 1.04 bits per heavy atom. The quantitative estimate of drug-likeness (QED) is 0.812. The van der Waals surface area contributed by atoms with E-state index in [9.17, 15) is 14.4 Å². The van der Waals surface area contributed by atoms with E-state index in [1.54, 1.807) is 0 Å². The van der Waals surface area contributed by atoms with E-state index >= 15 is 0 Å². The van der Waals surface area contributed by atoms with Gasteiger partial charge in [-0.15, -0.1) is 0 Å². The van der Waals surface area contributed by atoms with Crippen LogP contribution < -0.4 is 10.9 Å². The smallest absolute Gasteiger partial charge is 0.271 e.